The zero-order chi connectivity index (χ0) is 14.8. The first-order valence-corrected chi connectivity index (χ1v) is 8.78. The van der Waals surface area contributed by atoms with Gasteiger partial charge in [0.2, 0.25) is 0 Å². The lowest BCUT2D eigenvalue weighted by molar-refractivity contribution is 0.116. The third kappa shape index (κ3) is 7.10. The number of ether oxygens (including phenoxy) is 1. The SMILES string of the molecule is CCCCCCCCOCc1ccccc1CNC1CC1. The third-order valence-electron chi connectivity index (χ3n) is 4.18. The Labute approximate surface area is 130 Å². The lowest BCUT2D eigenvalue weighted by Gasteiger charge is -2.11. The van der Waals surface area contributed by atoms with Crippen molar-refractivity contribution >= 4 is 0 Å². The largest absolute Gasteiger partial charge is 0.377 e. The Morgan fingerprint density at radius 1 is 1.00 bits per heavy atom. The number of hydrogen-bond donors (Lipinski definition) is 1. The zero-order valence-electron chi connectivity index (χ0n) is 13.6. The van der Waals surface area contributed by atoms with Gasteiger partial charge in [-0.15, -0.1) is 0 Å². The van der Waals surface area contributed by atoms with Gasteiger partial charge in [-0.3, -0.25) is 0 Å². The van der Waals surface area contributed by atoms with Gasteiger partial charge in [-0.05, 0) is 30.4 Å². The summed E-state index contributed by atoms with van der Waals surface area (Å²) in [4.78, 5) is 0. The van der Waals surface area contributed by atoms with Gasteiger partial charge in [0.15, 0.2) is 0 Å². The van der Waals surface area contributed by atoms with E-state index in [1.165, 1.54) is 62.5 Å². The Balaban J connectivity index is 1.58. The second kappa shape index (κ2) is 9.97. The van der Waals surface area contributed by atoms with Crippen LogP contribution >= 0.6 is 0 Å². The molecule has 0 radical (unpaired) electrons. The summed E-state index contributed by atoms with van der Waals surface area (Å²) in [5.41, 5.74) is 2.74. The Kier molecular flexibility index (Phi) is 7.83. The lowest BCUT2D eigenvalue weighted by Crippen LogP contribution is -2.16. The summed E-state index contributed by atoms with van der Waals surface area (Å²) in [5, 5.41) is 3.59. The fraction of sp³-hybridized carbons (Fsp3) is 0.684. The first kappa shape index (κ1) is 16.5. The van der Waals surface area contributed by atoms with E-state index >= 15 is 0 Å². The number of benzene rings is 1. The zero-order valence-corrected chi connectivity index (χ0v) is 13.6. The molecule has 0 spiro atoms. The maximum absolute atomic E-state index is 5.86. The topological polar surface area (TPSA) is 21.3 Å². The van der Waals surface area contributed by atoms with Crippen LogP contribution in [0, 0.1) is 0 Å². The molecule has 1 aliphatic rings. The fourth-order valence-corrected chi connectivity index (χ4v) is 2.58. The van der Waals surface area contributed by atoms with Gasteiger partial charge in [-0.25, -0.2) is 0 Å². The van der Waals surface area contributed by atoms with Crippen molar-refractivity contribution in [1.82, 2.24) is 5.32 Å². The third-order valence-corrected chi connectivity index (χ3v) is 4.18. The van der Waals surface area contributed by atoms with Gasteiger partial charge < -0.3 is 10.1 Å². The Morgan fingerprint density at radius 3 is 2.48 bits per heavy atom. The van der Waals surface area contributed by atoms with Gasteiger partial charge in [0.25, 0.3) is 0 Å². The normalized spacial score (nSPS) is 14.5. The molecule has 0 atom stereocenters. The molecule has 1 aliphatic carbocycles. The van der Waals surface area contributed by atoms with E-state index in [0.717, 1.165) is 25.8 Å². The molecule has 0 heterocycles. The standard InChI is InChI=1S/C19H31NO/c1-2-3-4-5-6-9-14-21-16-18-11-8-7-10-17(18)15-20-19-12-13-19/h7-8,10-11,19-20H,2-6,9,12-16H2,1H3. The van der Waals surface area contributed by atoms with Gasteiger partial charge in [-0.2, -0.15) is 0 Å². The van der Waals surface area contributed by atoms with Crippen molar-refractivity contribution in [3.05, 3.63) is 35.4 Å². The minimum atomic E-state index is 0.761. The van der Waals surface area contributed by atoms with Crippen molar-refractivity contribution in [2.45, 2.75) is 77.5 Å². The van der Waals surface area contributed by atoms with E-state index in [0.29, 0.717) is 0 Å². The molecule has 1 aromatic carbocycles. The van der Waals surface area contributed by atoms with Gasteiger partial charge in [0.05, 0.1) is 6.61 Å². The maximum atomic E-state index is 5.86. The second-order valence-corrected chi connectivity index (χ2v) is 6.24. The van der Waals surface area contributed by atoms with Crippen LogP contribution in [0.15, 0.2) is 24.3 Å². The van der Waals surface area contributed by atoms with Crippen molar-refractivity contribution in [2.75, 3.05) is 6.61 Å². The lowest BCUT2D eigenvalue weighted by atomic mass is 10.1. The summed E-state index contributed by atoms with van der Waals surface area (Å²) in [7, 11) is 0. The van der Waals surface area contributed by atoms with Crippen LogP contribution in [0.4, 0.5) is 0 Å². The molecule has 0 unspecified atom stereocenters. The van der Waals surface area contributed by atoms with Gasteiger partial charge in [0, 0.05) is 19.2 Å². The minimum Gasteiger partial charge on any atom is -0.377 e. The molecule has 0 amide bonds. The molecule has 2 heteroatoms. The van der Waals surface area contributed by atoms with E-state index in [2.05, 4.69) is 36.5 Å². The molecule has 0 saturated heterocycles. The Bertz CT molecular complexity index is 387. The molecule has 118 valence electrons. The molecule has 2 rings (SSSR count). The molecule has 2 nitrogen and oxygen atoms in total. The maximum Gasteiger partial charge on any atom is 0.0720 e. The minimum absolute atomic E-state index is 0.761. The van der Waals surface area contributed by atoms with Gasteiger partial charge in [-0.1, -0.05) is 63.3 Å². The van der Waals surface area contributed by atoms with E-state index in [1.807, 2.05) is 0 Å². The fourth-order valence-electron chi connectivity index (χ4n) is 2.58. The molecule has 0 aromatic heterocycles. The van der Waals surface area contributed by atoms with Crippen molar-refractivity contribution < 1.29 is 4.74 Å². The van der Waals surface area contributed by atoms with E-state index in [-0.39, 0.29) is 0 Å². The average Bonchev–Trinajstić information content (AvgIpc) is 3.33. The van der Waals surface area contributed by atoms with Crippen LogP contribution in [0.5, 0.6) is 0 Å². The Morgan fingerprint density at radius 2 is 1.71 bits per heavy atom. The quantitative estimate of drug-likeness (QED) is 0.557. The first-order valence-electron chi connectivity index (χ1n) is 8.78. The van der Waals surface area contributed by atoms with Gasteiger partial charge in [0.1, 0.15) is 0 Å². The predicted molar refractivity (Wildman–Crippen MR) is 89.3 cm³/mol. The molecule has 1 saturated carbocycles. The van der Waals surface area contributed by atoms with Crippen LogP contribution in [0.1, 0.15) is 69.4 Å². The highest BCUT2D eigenvalue weighted by Crippen LogP contribution is 2.20. The highest BCUT2D eigenvalue weighted by Gasteiger charge is 2.20. The van der Waals surface area contributed by atoms with Crippen LogP contribution in [0.2, 0.25) is 0 Å². The molecule has 1 N–H and O–H groups in total. The monoisotopic (exact) mass is 289 g/mol. The highest BCUT2D eigenvalue weighted by molar-refractivity contribution is 5.26. The average molecular weight is 289 g/mol. The van der Waals surface area contributed by atoms with Crippen molar-refractivity contribution in [3.63, 3.8) is 0 Å². The summed E-state index contributed by atoms with van der Waals surface area (Å²) in [6.07, 6.45) is 10.6. The Hall–Kier alpha value is -0.860. The molecule has 1 aromatic rings. The smallest absolute Gasteiger partial charge is 0.0720 e. The van der Waals surface area contributed by atoms with E-state index < -0.39 is 0 Å². The van der Waals surface area contributed by atoms with Crippen molar-refractivity contribution in [3.8, 4) is 0 Å². The number of rotatable bonds is 12. The van der Waals surface area contributed by atoms with Crippen molar-refractivity contribution in [2.24, 2.45) is 0 Å². The van der Waals surface area contributed by atoms with E-state index in [9.17, 15) is 0 Å². The summed E-state index contributed by atoms with van der Waals surface area (Å²) >= 11 is 0. The first-order chi connectivity index (χ1) is 10.4. The van der Waals surface area contributed by atoms with Crippen LogP contribution in [0.3, 0.4) is 0 Å². The number of nitrogens with one attached hydrogen (secondary N) is 1. The molecule has 21 heavy (non-hydrogen) atoms. The summed E-state index contributed by atoms with van der Waals surface area (Å²) in [6.45, 7) is 4.91. The molecule has 0 bridgehead atoms. The molecule has 0 aliphatic heterocycles. The van der Waals surface area contributed by atoms with Gasteiger partial charge >= 0.3 is 0 Å². The second-order valence-electron chi connectivity index (χ2n) is 6.24. The van der Waals surface area contributed by atoms with Crippen molar-refractivity contribution in [1.29, 1.82) is 0 Å². The summed E-state index contributed by atoms with van der Waals surface area (Å²) < 4.78 is 5.86. The number of hydrogen-bond acceptors (Lipinski definition) is 2. The predicted octanol–water partition coefficient (Wildman–Crippen LogP) is 4.82. The van der Waals surface area contributed by atoms with Crippen LogP contribution in [-0.4, -0.2) is 12.6 Å². The molecule has 1 fully saturated rings. The van der Waals surface area contributed by atoms with Crippen LogP contribution < -0.4 is 5.32 Å². The van der Waals surface area contributed by atoms with Crippen LogP contribution in [-0.2, 0) is 17.9 Å². The molecular formula is C19H31NO. The summed E-state index contributed by atoms with van der Waals surface area (Å²) in [5.74, 6) is 0. The van der Waals surface area contributed by atoms with E-state index in [4.69, 9.17) is 4.74 Å². The highest BCUT2D eigenvalue weighted by atomic mass is 16.5. The van der Waals surface area contributed by atoms with Crippen LogP contribution in [0.25, 0.3) is 0 Å². The summed E-state index contributed by atoms with van der Waals surface area (Å²) in [6, 6.07) is 9.43. The number of unbranched alkanes of at least 4 members (excludes halogenated alkanes) is 5. The molecular weight excluding hydrogens is 258 g/mol. The van der Waals surface area contributed by atoms with E-state index in [1.54, 1.807) is 0 Å².